The number of hydrogen-bond acceptors (Lipinski definition) is 3. The van der Waals surface area contributed by atoms with E-state index in [1.54, 1.807) is 18.2 Å². The lowest BCUT2D eigenvalue weighted by Gasteiger charge is -2.22. The van der Waals surface area contributed by atoms with Crippen LogP contribution in [-0.4, -0.2) is 45.8 Å². The van der Waals surface area contributed by atoms with Gasteiger partial charge >= 0.3 is 12.0 Å². The van der Waals surface area contributed by atoms with E-state index >= 15 is 0 Å². The highest BCUT2D eigenvalue weighted by Gasteiger charge is 2.39. The third kappa shape index (κ3) is 3.13. The van der Waals surface area contributed by atoms with Gasteiger partial charge in [-0.1, -0.05) is 6.07 Å². The highest BCUT2D eigenvalue weighted by Crippen LogP contribution is 2.31. The second-order valence-electron chi connectivity index (χ2n) is 4.42. The van der Waals surface area contributed by atoms with Gasteiger partial charge in [0, 0.05) is 21.9 Å². The van der Waals surface area contributed by atoms with Crippen LogP contribution in [0.2, 0.25) is 0 Å². The number of hydrogen-bond donors (Lipinski definition) is 3. The number of rotatable bonds is 2. The van der Waals surface area contributed by atoms with Crippen molar-refractivity contribution in [2.75, 3.05) is 11.9 Å². The quantitative estimate of drug-likeness (QED) is 0.701. The van der Waals surface area contributed by atoms with E-state index in [1.807, 2.05) is 0 Å². The summed E-state index contributed by atoms with van der Waals surface area (Å²) in [7, 11) is 0. The summed E-state index contributed by atoms with van der Waals surface area (Å²) in [5.41, 5.74) is 0.517. The fraction of sp³-hybridized carbons (Fsp3) is 0.333. The largest absolute Gasteiger partial charge is 0.480 e. The first kappa shape index (κ1) is 15.3. The monoisotopic (exact) mass is 406 g/mol. The molecule has 2 amide bonds. The Labute approximate surface area is 132 Å². The van der Waals surface area contributed by atoms with Crippen LogP contribution in [0.4, 0.5) is 10.5 Å². The molecule has 0 bridgehead atoms. The Kier molecular flexibility index (Phi) is 4.66. The van der Waals surface area contributed by atoms with Crippen molar-refractivity contribution >= 4 is 49.5 Å². The van der Waals surface area contributed by atoms with E-state index in [0.717, 1.165) is 4.90 Å². The van der Waals surface area contributed by atoms with Crippen LogP contribution in [0.15, 0.2) is 27.1 Å². The van der Waals surface area contributed by atoms with Crippen molar-refractivity contribution in [3.05, 3.63) is 27.1 Å². The topological polar surface area (TPSA) is 89.9 Å². The normalized spacial score (nSPS) is 21.9. The van der Waals surface area contributed by atoms with Gasteiger partial charge in [0.1, 0.15) is 6.04 Å². The molecule has 0 aromatic heterocycles. The maximum atomic E-state index is 12.2. The summed E-state index contributed by atoms with van der Waals surface area (Å²) >= 11 is 6.62. The molecule has 1 aromatic carbocycles. The van der Waals surface area contributed by atoms with E-state index < -0.39 is 24.1 Å². The number of carboxylic acid groups (broad SMARTS) is 1. The summed E-state index contributed by atoms with van der Waals surface area (Å²) in [6.07, 6.45) is -0.774. The van der Waals surface area contributed by atoms with Gasteiger partial charge in [0.15, 0.2) is 0 Å². The summed E-state index contributed by atoms with van der Waals surface area (Å²) in [5, 5.41) is 21.3. The Balaban J connectivity index is 2.18. The number of aliphatic hydroxyl groups excluding tert-OH is 1. The molecule has 6 nitrogen and oxygen atoms in total. The molecule has 1 aromatic rings. The van der Waals surface area contributed by atoms with E-state index in [-0.39, 0.29) is 13.0 Å². The Morgan fingerprint density at radius 3 is 2.45 bits per heavy atom. The average molecular weight is 408 g/mol. The molecule has 8 heteroatoms. The van der Waals surface area contributed by atoms with E-state index in [9.17, 15) is 14.7 Å². The minimum absolute atomic E-state index is 0.00483. The maximum absolute atomic E-state index is 12.2. The van der Waals surface area contributed by atoms with Gasteiger partial charge in [-0.15, -0.1) is 0 Å². The molecular weight excluding hydrogens is 396 g/mol. The van der Waals surface area contributed by atoms with Gasteiger partial charge in [-0.25, -0.2) is 9.59 Å². The predicted octanol–water partition coefficient (Wildman–Crippen LogP) is 2.26. The second-order valence-corrected chi connectivity index (χ2v) is 6.13. The first-order valence-corrected chi connectivity index (χ1v) is 7.41. The number of carbonyl (C=O) groups is 2. The van der Waals surface area contributed by atoms with E-state index in [1.165, 1.54) is 0 Å². The van der Waals surface area contributed by atoms with Crippen molar-refractivity contribution in [3.63, 3.8) is 0 Å². The number of β-amino-alcohol motifs (C(OH)–C–C–N with tert-alkyl or cyclic N) is 1. The van der Waals surface area contributed by atoms with Gasteiger partial charge in [0.2, 0.25) is 0 Å². The van der Waals surface area contributed by atoms with Gasteiger partial charge in [-0.3, -0.25) is 0 Å². The molecule has 2 atom stereocenters. The van der Waals surface area contributed by atoms with E-state index in [2.05, 4.69) is 37.2 Å². The van der Waals surface area contributed by atoms with Crippen LogP contribution in [0.3, 0.4) is 0 Å². The summed E-state index contributed by atoms with van der Waals surface area (Å²) in [6.45, 7) is 0.00483. The van der Waals surface area contributed by atoms with Gasteiger partial charge in [0.25, 0.3) is 0 Å². The zero-order valence-electron chi connectivity index (χ0n) is 10.2. The number of amides is 2. The number of aliphatic hydroxyl groups is 1. The van der Waals surface area contributed by atoms with Gasteiger partial charge in [-0.05, 0) is 44.0 Å². The predicted molar refractivity (Wildman–Crippen MR) is 79.6 cm³/mol. The van der Waals surface area contributed by atoms with Crippen LogP contribution in [-0.2, 0) is 4.79 Å². The number of urea groups is 1. The molecule has 0 spiro atoms. The number of anilines is 1. The number of aliphatic carboxylic acids is 1. The Morgan fingerprint density at radius 2 is 1.90 bits per heavy atom. The number of para-hydroxylation sites is 1. The third-order valence-electron chi connectivity index (χ3n) is 3.02. The van der Waals surface area contributed by atoms with Crippen molar-refractivity contribution in [1.29, 1.82) is 0 Å². The molecule has 1 saturated heterocycles. The summed E-state index contributed by atoms with van der Waals surface area (Å²) < 4.78 is 1.35. The minimum atomic E-state index is -1.12. The Bertz CT molecular complexity index is 532. The molecule has 1 heterocycles. The summed E-state index contributed by atoms with van der Waals surface area (Å²) in [4.78, 5) is 24.4. The van der Waals surface area contributed by atoms with Crippen molar-refractivity contribution in [3.8, 4) is 0 Å². The number of carbonyl (C=O) groups excluding carboxylic acids is 1. The molecule has 2 rings (SSSR count). The van der Waals surface area contributed by atoms with Crippen LogP contribution in [0, 0.1) is 0 Å². The molecule has 0 radical (unpaired) electrons. The average Bonchev–Trinajstić information content (AvgIpc) is 2.76. The molecule has 20 heavy (non-hydrogen) atoms. The highest BCUT2D eigenvalue weighted by atomic mass is 79.9. The first-order valence-electron chi connectivity index (χ1n) is 5.82. The standard InChI is InChI=1S/C12H12Br2N2O4/c13-7-2-1-3-8(14)10(7)15-12(20)16-5-6(17)4-9(16)11(18)19/h1-3,6,9,17H,4-5H2,(H,15,20)(H,18,19)/t6-,9+/m1/s1. The summed E-state index contributed by atoms with van der Waals surface area (Å²) in [5.74, 6) is -1.12. The SMILES string of the molecule is O=C(O)[C@@H]1C[C@@H](O)CN1C(=O)Nc1c(Br)cccc1Br. The number of nitrogens with one attached hydrogen (secondary N) is 1. The lowest BCUT2D eigenvalue weighted by atomic mass is 10.2. The van der Waals surface area contributed by atoms with Crippen molar-refractivity contribution in [2.45, 2.75) is 18.6 Å². The number of likely N-dealkylation sites (tertiary alicyclic amines) is 1. The van der Waals surface area contributed by atoms with Gasteiger partial charge in [0.05, 0.1) is 11.8 Å². The molecule has 0 aliphatic carbocycles. The molecule has 1 fully saturated rings. The number of carboxylic acids is 1. The van der Waals surface area contributed by atoms with Crippen LogP contribution in [0.1, 0.15) is 6.42 Å². The van der Waals surface area contributed by atoms with Crippen LogP contribution in [0.25, 0.3) is 0 Å². The van der Waals surface area contributed by atoms with Crippen molar-refractivity contribution in [2.24, 2.45) is 0 Å². The molecule has 1 aliphatic heterocycles. The molecule has 108 valence electrons. The smallest absolute Gasteiger partial charge is 0.326 e. The summed E-state index contributed by atoms with van der Waals surface area (Å²) in [6, 6.07) is 3.75. The second kappa shape index (κ2) is 6.11. The minimum Gasteiger partial charge on any atom is -0.480 e. The van der Waals surface area contributed by atoms with Crippen LogP contribution >= 0.6 is 31.9 Å². The van der Waals surface area contributed by atoms with Crippen molar-refractivity contribution in [1.82, 2.24) is 4.90 Å². The molecular formula is C12H12Br2N2O4. The van der Waals surface area contributed by atoms with Crippen LogP contribution in [0.5, 0.6) is 0 Å². The fourth-order valence-corrected chi connectivity index (χ4v) is 3.27. The molecule has 1 aliphatic rings. The zero-order valence-corrected chi connectivity index (χ0v) is 13.4. The lowest BCUT2D eigenvalue weighted by molar-refractivity contribution is -0.141. The molecule has 0 saturated carbocycles. The van der Waals surface area contributed by atoms with Crippen LogP contribution < -0.4 is 5.32 Å². The van der Waals surface area contributed by atoms with Gasteiger partial charge in [-0.2, -0.15) is 0 Å². The maximum Gasteiger partial charge on any atom is 0.326 e. The Morgan fingerprint density at radius 1 is 1.30 bits per heavy atom. The number of benzene rings is 1. The fourth-order valence-electron chi connectivity index (χ4n) is 2.07. The lowest BCUT2D eigenvalue weighted by Crippen LogP contribution is -2.43. The first-order chi connectivity index (χ1) is 9.40. The van der Waals surface area contributed by atoms with E-state index in [4.69, 9.17) is 5.11 Å². The Hall–Kier alpha value is -1.12. The van der Waals surface area contributed by atoms with Gasteiger partial charge < -0.3 is 20.4 Å². The number of nitrogens with zero attached hydrogens (tertiary/aromatic N) is 1. The molecule has 3 N–H and O–H groups in total. The highest BCUT2D eigenvalue weighted by molar-refractivity contribution is 9.11. The van der Waals surface area contributed by atoms with E-state index in [0.29, 0.717) is 14.6 Å². The number of halogens is 2. The molecule has 0 unspecified atom stereocenters. The third-order valence-corrected chi connectivity index (χ3v) is 4.34. The van der Waals surface area contributed by atoms with Crippen molar-refractivity contribution < 1.29 is 19.8 Å². The zero-order chi connectivity index (χ0) is 14.9.